The third kappa shape index (κ3) is 6.11. The molecule has 0 radical (unpaired) electrons. The molecule has 5 aromatic carbocycles. The summed E-state index contributed by atoms with van der Waals surface area (Å²) in [6.07, 6.45) is 19.5. The van der Waals surface area contributed by atoms with Gasteiger partial charge >= 0.3 is 0 Å². The summed E-state index contributed by atoms with van der Waals surface area (Å²) in [5.41, 5.74) is 11.4. The fraction of sp³-hybridized carbons (Fsp3) is 0.163. The van der Waals surface area contributed by atoms with E-state index in [-0.39, 0.29) is 23.9 Å². The first-order chi connectivity index (χ1) is 25.2. The van der Waals surface area contributed by atoms with Crippen LogP contribution in [0.4, 0.5) is 0 Å². The van der Waals surface area contributed by atoms with Crippen molar-refractivity contribution in [3.05, 3.63) is 204 Å². The first-order valence-electron chi connectivity index (χ1n) is 18.4. The minimum Gasteiger partial charge on any atom is -0.299 e. The van der Waals surface area contributed by atoms with Crippen molar-refractivity contribution in [3.8, 4) is 0 Å². The maximum atomic E-state index is 5.13. The minimum absolute atomic E-state index is 0.120. The van der Waals surface area contributed by atoms with E-state index in [1.165, 1.54) is 66.1 Å². The fourth-order valence-electron chi connectivity index (χ4n) is 8.49. The van der Waals surface area contributed by atoms with Gasteiger partial charge < -0.3 is 0 Å². The molecule has 3 aliphatic rings. The van der Waals surface area contributed by atoms with Crippen LogP contribution in [0, 0.1) is 11.8 Å². The third-order valence-electron chi connectivity index (χ3n) is 11.2. The van der Waals surface area contributed by atoms with Gasteiger partial charge in [0, 0.05) is 18.2 Å². The molecule has 0 amide bonds. The highest BCUT2D eigenvalue weighted by atomic mass is 15.0. The van der Waals surface area contributed by atoms with Gasteiger partial charge in [0.15, 0.2) is 0 Å². The Labute approximate surface area is 301 Å². The number of nitrogens with one attached hydrogen (secondary N) is 1. The van der Waals surface area contributed by atoms with E-state index in [1.54, 1.807) is 0 Å². The molecule has 0 spiro atoms. The summed E-state index contributed by atoms with van der Waals surface area (Å²) in [6, 6.07) is 46.9. The van der Waals surface area contributed by atoms with E-state index in [0.717, 1.165) is 25.0 Å². The Kier molecular flexibility index (Phi) is 8.39. The van der Waals surface area contributed by atoms with Crippen molar-refractivity contribution in [3.63, 3.8) is 0 Å². The van der Waals surface area contributed by atoms with E-state index >= 15 is 0 Å². The molecule has 2 aliphatic carbocycles. The predicted octanol–water partition coefficient (Wildman–Crippen LogP) is 12.3. The molecular formula is C49H42N2. The molecule has 1 aromatic heterocycles. The zero-order valence-electron chi connectivity index (χ0n) is 29.0. The van der Waals surface area contributed by atoms with Crippen molar-refractivity contribution >= 4 is 38.3 Å². The van der Waals surface area contributed by atoms with Crippen molar-refractivity contribution in [1.29, 1.82) is 0 Å². The second kappa shape index (κ2) is 13.6. The number of allylic oxidation sites excluding steroid dienone is 8. The molecule has 0 fully saturated rings. The highest BCUT2D eigenvalue weighted by molar-refractivity contribution is 6.12. The Balaban J connectivity index is 1.20. The van der Waals surface area contributed by atoms with Crippen molar-refractivity contribution in [2.24, 2.45) is 11.8 Å². The second-order valence-electron chi connectivity index (χ2n) is 14.3. The van der Waals surface area contributed by atoms with Gasteiger partial charge in [0.1, 0.15) is 0 Å². The number of nitrogens with zero attached hydrogens (tertiary/aromatic N) is 1. The fourth-order valence-corrected chi connectivity index (χ4v) is 8.49. The number of aromatic nitrogens is 1. The molecule has 4 unspecified atom stereocenters. The van der Waals surface area contributed by atoms with Gasteiger partial charge in [-0.25, -0.2) is 0 Å². The van der Waals surface area contributed by atoms with Crippen LogP contribution in [0.2, 0.25) is 0 Å². The summed E-state index contributed by atoms with van der Waals surface area (Å²) in [4.78, 5) is 5.13. The number of pyridine rings is 1. The van der Waals surface area contributed by atoms with Gasteiger partial charge in [-0.2, -0.15) is 0 Å². The Morgan fingerprint density at radius 1 is 0.667 bits per heavy atom. The van der Waals surface area contributed by atoms with Crippen LogP contribution in [0.15, 0.2) is 176 Å². The summed E-state index contributed by atoms with van der Waals surface area (Å²) in [7, 11) is 0. The Morgan fingerprint density at radius 2 is 1.39 bits per heavy atom. The highest BCUT2D eigenvalue weighted by Crippen LogP contribution is 2.47. The van der Waals surface area contributed by atoms with Crippen molar-refractivity contribution in [2.75, 3.05) is 0 Å². The van der Waals surface area contributed by atoms with Crippen LogP contribution in [-0.2, 0) is 0 Å². The summed E-state index contributed by atoms with van der Waals surface area (Å²) in [6.45, 7) is 2.43. The van der Waals surface area contributed by atoms with Gasteiger partial charge in [0.05, 0.1) is 11.7 Å². The maximum Gasteiger partial charge on any atom is 0.0699 e. The summed E-state index contributed by atoms with van der Waals surface area (Å²) in [5, 5.41) is 9.18. The number of fused-ring (bicyclic) bond motifs is 3. The molecule has 6 aromatic rings. The normalized spacial score (nSPS) is 21.9. The largest absolute Gasteiger partial charge is 0.299 e. The zero-order chi connectivity index (χ0) is 34.1. The van der Waals surface area contributed by atoms with E-state index < -0.39 is 0 Å². The van der Waals surface area contributed by atoms with Gasteiger partial charge in [-0.05, 0) is 104 Å². The molecule has 0 saturated heterocycles. The molecule has 2 heteroatoms. The van der Waals surface area contributed by atoms with Gasteiger partial charge in [-0.3, -0.25) is 10.3 Å². The molecule has 4 atom stereocenters. The maximum absolute atomic E-state index is 5.13. The van der Waals surface area contributed by atoms with Crippen molar-refractivity contribution in [1.82, 2.24) is 10.3 Å². The topological polar surface area (TPSA) is 24.9 Å². The van der Waals surface area contributed by atoms with E-state index in [4.69, 9.17) is 4.98 Å². The molecule has 2 heterocycles. The molecule has 1 N–H and O–H groups in total. The quantitative estimate of drug-likeness (QED) is 0.142. The van der Waals surface area contributed by atoms with Gasteiger partial charge in [-0.15, -0.1) is 0 Å². The molecule has 0 saturated carbocycles. The average Bonchev–Trinajstić information content (AvgIpc) is 3.21. The predicted molar refractivity (Wildman–Crippen MR) is 215 cm³/mol. The van der Waals surface area contributed by atoms with Crippen LogP contribution in [-0.4, -0.2) is 4.98 Å². The van der Waals surface area contributed by atoms with Crippen LogP contribution in [0.25, 0.3) is 38.3 Å². The van der Waals surface area contributed by atoms with E-state index in [0.29, 0.717) is 0 Å². The van der Waals surface area contributed by atoms with Crippen LogP contribution in [0.3, 0.4) is 0 Å². The van der Waals surface area contributed by atoms with Crippen LogP contribution < -0.4 is 5.32 Å². The number of benzene rings is 5. The molecule has 1 aliphatic heterocycles. The molecule has 9 rings (SSSR count). The Bertz CT molecular complexity index is 2370. The minimum atomic E-state index is 0.120. The van der Waals surface area contributed by atoms with E-state index in [9.17, 15) is 0 Å². The second-order valence-corrected chi connectivity index (χ2v) is 14.3. The van der Waals surface area contributed by atoms with Gasteiger partial charge in [0.2, 0.25) is 0 Å². The van der Waals surface area contributed by atoms with Crippen LogP contribution >= 0.6 is 0 Å². The standard InChI is InChI=1S/C49H42N2/c1-33-44(39-30-48(35-17-7-3-8-18-35)51-49(31-39)36-19-9-4-10-20-36)28-40(47-26-25-38(32-50-47)34-15-5-2-6-16-34)29-45(33)46-27-37-21-11-12-22-41(37)42-23-13-14-24-43(42)46/h3-5,7-30,32-33,44,48-49,51H,2,6,31H2,1H3. The zero-order valence-corrected chi connectivity index (χ0v) is 29.0. The lowest BCUT2D eigenvalue weighted by molar-refractivity contribution is 0.428. The lowest BCUT2D eigenvalue weighted by Gasteiger charge is -2.38. The number of hydrogen-bond acceptors (Lipinski definition) is 2. The molecule has 0 bridgehead atoms. The third-order valence-corrected chi connectivity index (χ3v) is 11.2. The molecule has 51 heavy (non-hydrogen) atoms. The van der Waals surface area contributed by atoms with E-state index in [2.05, 4.69) is 182 Å². The van der Waals surface area contributed by atoms with Gasteiger partial charge in [0.25, 0.3) is 0 Å². The summed E-state index contributed by atoms with van der Waals surface area (Å²) >= 11 is 0. The van der Waals surface area contributed by atoms with Crippen LogP contribution in [0.1, 0.15) is 66.2 Å². The summed E-state index contributed by atoms with van der Waals surface area (Å²) < 4.78 is 0. The number of rotatable bonds is 6. The van der Waals surface area contributed by atoms with Crippen molar-refractivity contribution in [2.45, 2.75) is 38.3 Å². The van der Waals surface area contributed by atoms with Gasteiger partial charge in [-0.1, -0.05) is 158 Å². The molecular weight excluding hydrogens is 617 g/mol. The van der Waals surface area contributed by atoms with Crippen LogP contribution in [0.5, 0.6) is 0 Å². The lowest BCUT2D eigenvalue weighted by atomic mass is 9.71. The first-order valence-corrected chi connectivity index (χ1v) is 18.4. The van der Waals surface area contributed by atoms with E-state index in [1.807, 2.05) is 0 Å². The average molecular weight is 659 g/mol. The lowest BCUT2D eigenvalue weighted by Crippen LogP contribution is -2.32. The number of hydrogen-bond donors (Lipinski definition) is 1. The smallest absolute Gasteiger partial charge is 0.0699 e. The highest BCUT2D eigenvalue weighted by Gasteiger charge is 2.34. The molecule has 248 valence electrons. The van der Waals surface area contributed by atoms with Crippen molar-refractivity contribution < 1.29 is 0 Å². The first kappa shape index (κ1) is 31.4. The Hall–Kier alpha value is -5.57. The Morgan fingerprint density at radius 3 is 2.14 bits per heavy atom. The molecule has 2 nitrogen and oxygen atoms in total. The monoisotopic (exact) mass is 658 g/mol. The SMILES string of the molecule is CC1C(c2cc3ccccc3c3ccccc23)=CC(c2ccc(C3=CCCC=C3)cn2)=CC1C1=CC(c2ccccc2)NC(c2ccccc2)C1. The summed E-state index contributed by atoms with van der Waals surface area (Å²) in [5.74, 6) is 0.461.